The van der Waals surface area contributed by atoms with Gasteiger partial charge in [0.05, 0.1) is 0 Å². The zero-order valence-electron chi connectivity index (χ0n) is 12.0. The van der Waals surface area contributed by atoms with Crippen LogP contribution in [-0.4, -0.2) is 29.1 Å². The first-order chi connectivity index (χ1) is 9.22. The Kier molecular flexibility index (Phi) is 4.82. The molecule has 5 heteroatoms. The van der Waals surface area contributed by atoms with Gasteiger partial charge in [-0.15, -0.1) is 0 Å². The number of nitrogens with zero attached hydrogens (tertiary/aromatic N) is 3. The second kappa shape index (κ2) is 6.59. The van der Waals surface area contributed by atoms with Crippen molar-refractivity contribution in [1.82, 2.24) is 9.97 Å². The van der Waals surface area contributed by atoms with Crippen LogP contribution in [0.4, 0.5) is 17.3 Å². The maximum absolute atomic E-state index is 6.24. The molecule has 1 saturated heterocycles. The summed E-state index contributed by atoms with van der Waals surface area (Å²) in [4.78, 5) is 11.0. The maximum Gasteiger partial charge on any atom is 0.157 e. The van der Waals surface area contributed by atoms with E-state index < -0.39 is 0 Å². The minimum absolute atomic E-state index is 0.370. The van der Waals surface area contributed by atoms with Gasteiger partial charge in [0, 0.05) is 19.1 Å². The molecule has 1 aliphatic heterocycles. The van der Waals surface area contributed by atoms with Crippen LogP contribution in [0, 0.1) is 0 Å². The molecule has 1 atom stereocenters. The summed E-state index contributed by atoms with van der Waals surface area (Å²) in [6.07, 6.45) is 7.71. The van der Waals surface area contributed by atoms with Crippen molar-refractivity contribution in [3.63, 3.8) is 0 Å². The number of nitrogens with one attached hydrogen (secondary N) is 1. The maximum atomic E-state index is 6.24. The third kappa shape index (κ3) is 3.49. The molecule has 3 N–H and O–H groups in total. The van der Waals surface area contributed by atoms with E-state index in [-0.39, 0.29) is 0 Å². The highest BCUT2D eigenvalue weighted by Crippen LogP contribution is 2.28. The minimum atomic E-state index is 0.370. The smallest absolute Gasteiger partial charge is 0.157 e. The van der Waals surface area contributed by atoms with Crippen LogP contribution >= 0.6 is 0 Å². The number of rotatable bonds is 4. The van der Waals surface area contributed by atoms with Crippen LogP contribution in [-0.2, 0) is 0 Å². The lowest BCUT2D eigenvalue weighted by molar-refractivity contribution is 0.726. The largest absolute Gasteiger partial charge is 0.393 e. The van der Waals surface area contributed by atoms with Crippen LogP contribution in [0.5, 0.6) is 0 Å². The minimum Gasteiger partial charge on any atom is -0.393 e. The van der Waals surface area contributed by atoms with E-state index in [4.69, 9.17) is 5.73 Å². The normalized spacial score (nSPS) is 17.9. The van der Waals surface area contributed by atoms with Gasteiger partial charge in [-0.25, -0.2) is 9.97 Å². The van der Waals surface area contributed by atoms with Crippen LogP contribution in [0.25, 0.3) is 0 Å². The number of aromatic nitrogens is 2. The molecule has 0 spiro atoms. The Morgan fingerprint density at radius 1 is 1.26 bits per heavy atom. The molecule has 1 aliphatic rings. The van der Waals surface area contributed by atoms with Crippen molar-refractivity contribution in [3.8, 4) is 0 Å². The zero-order valence-corrected chi connectivity index (χ0v) is 12.0. The van der Waals surface area contributed by atoms with Crippen LogP contribution in [0.2, 0.25) is 0 Å². The summed E-state index contributed by atoms with van der Waals surface area (Å²) in [5, 5.41) is 3.35. The first-order valence-corrected chi connectivity index (χ1v) is 7.34. The van der Waals surface area contributed by atoms with Crippen molar-refractivity contribution in [1.29, 1.82) is 0 Å². The standard InChI is InChI=1S/C14H25N5/c1-3-11(2)18-13-12(15)14(17-10-16-13)19-8-6-4-5-7-9-19/h10-11H,3-9,15H2,1-2H3,(H,16,17,18). The molecule has 19 heavy (non-hydrogen) atoms. The van der Waals surface area contributed by atoms with E-state index in [1.165, 1.54) is 25.7 Å². The molecule has 1 unspecified atom stereocenters. The number of hydrogen-bond donors (Lipinski definition) is 2. The van der Waals surface area contributed by atoms with Gasteiger partial charge in [-0.1, -0.05) is 19.8 Å². The fourth-order valence-electron chi connectivity index (χ4n) is 2.37. The van der Waals surface area contributed by atoms with Gasteiger partial charge in [-0.05, 0) is 26.2 Å². The molecule has 2 heterocycles. The molecule has 0 aromatic carbocycles. The molecule has 5 nitrogen and oxygen atoms in total. The monoisotopic (exact) mass is 263 g/mol. The highest BCUT2D eigenvalue weighted by atomic mass is 15.2. The van der Waals surface area contributed by atoms with Gasteiger partial charge in [0.25, 0.3) is 0 Å². The Morgan fingerprint density at radius 3 is 2.58 bits per heavy atom. The Morgan fingerprint density at radius 2 is 1.95 bits per heavy atom. The lowest BCUT2D eigenvalue weighted by Crippen LogP contribution is -2.27. The van der Waals surface area contributed by atoms with Crippen LogP contribution < -0.4 is 16.0 Å². The lowest BCUT2D eigenvalue weighted by Gasteiger charge is -2.24. The second-order valence-corrected chi connectivity index (χ2v) is 5.31. The van der Waals surface area contributed by atoms with Crippen LogP contribution in [0.3, 0.4) is 0 Å². The summed E-state index contributed by atoms with van der Waals surface area (Å²) in [5.41, 5.74) is 6.92. The number of hydrogen-bond acceptors (Lipinski definition) is 5. The first kappa shape index (κ1) is 13.9. The van der Waals surface area contributed by atoms with Gasteiger partial charge in [0.2, 0.25) is 0 Å². The van der Waals surface area contributed by atoms with E-state index in [1.807, 2.05) is 0 Å². The fraction of sp³-hybridized carbons (Fsp3) is 0.714. The summed E-state index contributed by atoms with van der Waals surface area (Å²) in [5.74, 6) is 1.66. The third-order valence-electron chi connectivity index (χ3n) is 3.76. The first-order valence-electron chi connectivity index (χ1n) is 7.34. The summed E-state index contributed by atoms with van der Waals surface area (Å²) in [6, 6.07) is 0.370. The van der Waals surface area contributed by atoms with Crippen molar-refractivity contribution in [2.24, 2.45) is 0 Å². The highest BCUT2D eigenvalue weighted by molar-refractivity contribution is 5.75. The Hall–Kier alpha value is -1.52. The molecule has 2 rings (SSSR count). The van der Waals surface area contributed by atoms with Gasteiger partial charge in [-0.2, -0.15) is 0 Å². The van der Waals surface area contributed by atoms with Crippen LogP contribution in [0.15, 0.2) is 6.33 Å². The topological polar surface area (TPSA) is 67.1 Å². The summed E-state index contributed by atoms with van der Waals surface area (Å²) >= 11 is 0. The van der Waals surface area contributed by atoms with Gasteiger partial charge in [-0.3, -0.25) is 0 Å². The number of anilines is 3. The van der Waals surface area contributed by atoms with E-state index in [9.17, 15) is 0 Å². The molecule has 0 amide bonds. The molecule has 0 aliphatic carbocycles. The summed E-state index contributed by atoms with van der Waals surface area (Å²) < 4.78 is 0. The second-order valence-electron chi connectivity index (χ2n) is 5.31. The molecular formula is C14H25N5. The van der Waals surface area contributed by atoms with E-state index in [2.05, 4.69) is 34.0 Å². The van der Waals surface area contributed by atoms with E-state index in [0.29, 0.717) is 11.7 Å². The quantitative estimate of drug-likeness (QED) is 0.874. The number of nitrogen functional groups attached to an aromatic ring is 1. The third-order valence-corrected chi connectivity index (χ3v) is 3.76. The molecule has 1 aromatic heterocycles. The van der Waals surface area contributed by atoms with Crippen molar-refractivity contribution in [3.05, 3.63) is 6.33 Å². The van der Waals surface area contributed by atoms with Crippen molar-refractivity contribution >= 4 is 17.3 Å². The Balaban J connectivity index is 2.18. The molecule has 1 fully saturated rings. The average molecular weight is 263 g/mol. The van der Waals surface area contributed by atoms with E-state index in [0.717, 1.165) is 31.1 Å². The SMILES string of the molecule is CCC(C)Nc1ncnc(N2CCCCCC2)c1N. The van der Waals surface area contributed by atoms with Gasteiger partial charge in [0.1, 0.15) is 12.0 Å². The van der Waals surface area contributed by atoms with Crippen molar-refractivity contribution in [2.75, 3.05) is 29.0 Å². The molecule has 0 radical (unpaired) electrons. The van der Waals surface area contributed by atoms with E-state index in [1.54, 1.807) is 6.33 Å². The molecule has 106 valence electrons. The van der Waals surface area contributed by atoms with Gasteiger partial charge >= 0.3 is 0 Å². The van der Waals surface area contributed by atoms with Crippen molar-refractivity contribution in [2.45, 2.75) is 52.0 Å². The predicted octanol–water partition coefficient (Wildman–Crippen LogP) is 2.65. The highest BCUT2D eigenvalue weighted by Gasteiger charge is 2.17. The van der Waals surface area contributed by atoms with Gasteiger partial charge in [0.15, 0.2) is 11.6 Å². The fourth-order valence-corrected chi connectivity index (χ4v) is 2.37. The Bertz CT molecular complexity index is 399. The number of nitrogens with two attached hydrogens (primary N) is 1. The molecule has 0 bridgehead atoms. The average Bonchev–Trinajstić information content (AvgIpc) is 2.70. The summed E-state index contributed by atoms with van der Waals surface area (Å²) in [6.45, 7) is 6.37. The van der Waals surface area contributed by atoms with Crippen LogP contribution in [0.1, 0.15) is 46.0 Å². The summed E-state index contributed by atoms with van der Waals surface area (Å²) in [7, 11) is 0. The molecule has 0 saturated carbocycles. The molecule has 1 aromatic rings. The Labute approximate surface area is 115 Å². The predicted molar refractivity (Wildman–Crippen MR) is 80.5 cm³/mol. The lowest BCUT2D eigenvalue weighted by atomic mass is 10.2. The molecular weight excluding hydrogens is 238 g/mol. The van der Waals surface area contributed by atoms with E-state index >= 15 is 0 Å². The van der Waals surface area contributed by atoms with Gasteiger partial charge < -0.3 is 16.0 Å². The van der Waals surface area contributed by atoms with Crippen molar-refractivity contribution < 1.29 is 0 Å². The zero-order chi connectivity index (χ0) is 13.7.